The third kappa shape index (κ3) is 5.34. The fraction of sp³-hybridized carbons (Fsp3) is 0.750. The Bertz CT molecular complexity index is 506. The number of aliphatic imine (C=N–C) groups is 1. The number of halogens is 1. The molecule has 0 unspecified atom stereocenters. The maximum absolute atomic E-state index is 6.00. The lowest BCUT2D eigenvalue weighted by Gasteiger charge is -2.34. The molecule has 2 fully saturated rings. The molecule has 2 aliphatic rings. The number of hydrogen-bond donors (Lipinski definition) is 2. The molecular weight excluding hydrogens is 405 g/mol. The monoisotopic (exact) mass is 433 g/mol. The van der Waals surface area contributed by atoms with Crippen LogP contribution in [0, 0.1) is 12.8 Å². The molecule has 130 valence electrons. The summed E-state index contributed by atoms with van der Waals surface area (Å²) < 4.78 is 6.00. The minimum Gasteiger partial charge on any atom is -0.378 e. The summed E-state index contributed by atoms with van der Waals surface area (Å²) in [6, 6.07) is 0. The highest BCUT2D eigenvalue weighted by atomic mass is 127. The van der Waals surface area contributed by atoms with E-state index in [1.165, 1.54) is 18.4 Å². The topological polar surface area (TPSA) is 65.5 Å². The van der Waals surface area contributed by atoms with Crippen molar-refractivity contribution in [3.8, 4) is 0 Å². The van der Waals surface area contributed by atoms with Gasteiger partial charge in [-0.15, -0.1) is 24.0 Å². The highest BCUT2D eigenvalue weighted by molar-refractivity contribution is 14.0. The molecule has 1 aromatic rings. The van der Waals surface area contributed by atoms with Gasteiger partial charge in [-0.25, -0.2) is 0 Å². The molecule has 23 heavy (non-hydrogen) atoms. The predicted molar refractivity (Wildman–Crippen MR) is 102 cm³/mol. The van der Waals surface area contributed by atoms with Crippen molar-refractivity contribution in [1.82, 2.24) is 20.4 Å². The van der Waals surface area contributed by atoms with E-state index in [1.807, 2.05) is 20.2 Å². The molecule has 0 radical (unpaired) electrons. The van der Waals surface area contributed by atoms with Gasteiger partial charge < -0.3 is 15.0 Å². The second-order valence-electron chi connectivity index (χ2n) is 6.38. The third-order valence-corrected chi connectivity index (χ3v) is 4.59. The summed E-state index contributed by atoms with van der Waals surface area (Å²) in [7, 11) is 1.85. The standard InChI is InChI=1S/C16H27N5O.HI/c1-12-14(10-19-20-12)9-18-16(17-2)21-7-5-15(6-8-21)22-11-13-3-4-13;/h10,13,15H,3-9,11H2,1-2H3,(H,17,18)(H,19,20);1H. The molecule has 0 atom stereocenters. The molecule has 0 bridgehead atoms. The largest absolute Gasteiger partial charge is 0.378 e. The molecule has 0 spiro atoms. The quantitative estimate of drug-likeness (QED) is 0.425. The number of ether oxygens (including phenoxy) is 1. The zero-order chi connectivity index (χ0) is 15.4. The lowest BCUT2D eigenvalue weighted by Crippen LogP contribution is -2.46. The summed E-state index contributed by atoms with van der Waals surface area (Å²) in [5.41, 5.74) is 2.29. The maximum atomic E-state index is 6.00. The Kier molecular flexibility index (Phi) is 7.13. The van der Waals surface area contributed by atoms with Crippen molar-refractivity contribution in [2.75, 3.05) is 26.7 Å². The second-order valence-corrected chi connectivity index (χ2v) is 6.38. The molecule has 7 heteroatoms. The van der Waals surface area contributed by atoms with Gasteiger partial charge in [-0.2, -0.15) is 5.10 Å². The predicted octanol–water partition coefficient (Wildman–Crippen LogP) is 2.30. The summed E-state index contributed by atoms with van der Waals surface area (Å²) in [5.74, 6) is 1.83. The van der Waals surface area contributed by atoms with Crippen LogP contribution in [-0.4, -0.2) is 53.9 Å². The molecule has 1 saturated heterocycles. The van der Waals surface area contributed by atoms with Gasteiger partial charge in [0, 0.05) is 44.5 Å². The molecule has 6 nitrogen and oxygen atoms in total. The van der Waals surface area contributed by atoms with Gasteiger partial charge in [0.2, 0.25) is 0 Å². The van der Waals surface area contributed by atoms with E-state index < -0.39 is 0 Å². The van der Waals surface area contributed by atoms with Crippen molar-refractivity contribution in [2.24, 2.45) is 10.9 Å². The van der Waals surface area contributed by atoms with Crippen LogP contribution in [0.1, 0.15) is 36.9 Å². The summed E-state index contributed by atoms with van der Waals surface area (Å²) in [4.78, 5) is 6.74. The Balaban J connectivity index is 0.00000192. The van der Waals surface area contributed by atoms with Gasteiger partial charge in [0.1, 0.15) is 0 Å². The number of nitrogens with zero attached hydrogens (tertiary/aromatic N) is 3. The number of nitrogens with one attached hydrogen (secondary N) is 2. The molecule has 2 heterocycles. The summed E-state index contributed by atoms with van der Waals surface area (Å²) >= 11 is 0. The Morgan fingerprint density at radius 2 is 2.13 bits per heavy atom. The van der Waals surface area contributed by atoms with Crippen molar-refractivity contribution < 1.29 is 4.74 Å². The molecule has 3 rings (SSSR count). The fourth-order valence-corrected chi connectivity index (χ4v) is 2.85. The first-order valence-corrected chi connectivity index (χ1v) is 8.32. The van der Waals surface area contributed by atoms with Crippen LogP contribution in [0.2, 0.25) is 0 Å². The number of guanidine groups is 1. The fourth-order valence-electron chi connectivity index (χ4n) is 2.85. The van der Waals surface area contributed by atoms with Gasteiger partial charge in [-0.1, -0.05) is 0 Å². The molecule has 1 aliphatic carbocycles. The minimum atomic E-state index is 0. The van der Waals surface area contributed by atoms with Crippen molar-refractivity contribution in [2.45, 2.75) is 45.3 Å². The molecule has 0 aromatic carbocycles. The SMILES string of the molecule is CN=C(NCc1cn[nH]c1C)N1CCC(OCC2CC2)CC1.I. The van der Waals surface area contributed by atoms with Crippen molar-refractivity contribution in [1.29, 1.82) is 0 Å². The molecule has 1 aliphatic heterocycles. The number of rotatable bonds is 5. The Hall–Kier alpha value is -0.830. The van der Waals surface area contributed by atoms with Crippen LogP contribution in [-0.2, 0) is 11.3 Å². The van der Waals surface area contributed by atoms with E-state index >= 15 is 0 Å². The Morgan fingerprint density at radius 3 is 2.70 bits per heavy atom. The van der Waals surface area contributed by atoms with E-state index in [9.17, 15) is 0 Å². The van der Waals surface area contributed by atoms with E-state index in [0.717, 1.165) is 56.7 Å². The zero-order valence-corrected chi connectivity index (χ0v) is 16.4. The highest BCUT2D eigenvalue weighted by Gasteiger charge is 2.26. The van der Waals surface area contributed by atoms with Crippen LogP contribution >= 0.6 is 24.0 Å². The third-order valence-electron chi connectivity index (χ3n) is 4.59. The molecule has 1 aromatic heterocycles. The van der Waals surface area contributed by atoms with Crippen molar-refractivity contribution in [3.05, 3.63) is 17.5 Å². The van der Waals surface area contributed by atoms with E-state index in [4.69, 9.17) is 4.74 Å². The molecule has 1 saturated carbocycles. The van der Waals surface area contributed by atoms with Crippen molar-refractivity contribution >= 4 is 29.9 Å². The maximum Gasteiger partial charge on any atom is 0.193 e. The first-order chi connectivity index (χ1) is 10.8. The average Bonchev–Trinajstić information content (AvgIpc) is 3.29. The summed E-state index contributed by atoms with van der Waals surface area (Å²) in [6.45, 7) is 5.79. The number of hydrogen-bond acceptors (Lipinski definition) is 3. The molecule has 0 amide bonds. The smallest absolute Gasteiger partial charge is 0.193 e. The van der Waals surface area contributed by atoms with Gasteiger partial charge in [-0.3, -0.25) is 10.1 Å². The van der Waals surface area contributed by atoms with Gasteiger partial charge in [-0.05, 0) is 38.5 Å². The number of aromatic amines is 1. The van der Waals surface area contributed by atoms with Crippen LogP contribution in [0.5, 0.6) is 0 Å². The van der Waals surface area contributed by atoms with E-state index in [2.05, 4.69) is 25.4 Å². The number of aryl methyl sites for hydroxylation is 1. The van der Waals surface area contributed by atoms with Crippen LogP contribution in [0.25, 0.3) is 0 Å². The molecular formula is C16H28IN5O. The summed E-state index contributed by atoms with van der Waals surface area (Å²) in [6.07, 6.45) is 7.22. The lowest BCUT2D eigenvalue weighted by atomic mass is 10.1. The van der Waals surface area contributed by atoms with Gasteiger partial charge in [0.25, 0.3) is 0 Å². The number of likely N-dealkylation sites (tertiary alicyclic amines) is 1. The lowest BCUT2D eigenvalue weighted by molar-refractivity contribution is 0.0131. The molecule has 2 N–H and O–H groups in total. The normalized spacial score (nSPS) is 19.6. The van der Waals surface area contributed by atoms with E-state index in [0.29, 0.717) is 6.10 Å². The Labute approximate surface area is 155 Å². The van der Waals surface area contributed by atoms with Crippen LogP contribution < -0.4 is 5.32 Å². The van der Waals surface area contributed by atoms with E-state index in [1.54, 1.807) is 0 Å². The number of piperidine rings is 1. The summed E-state index contributed by atoms with van der Waals surface area (Å²) in [5, 5.41) is 10.4. The first kappa shape index (κ1) is 18.5. The first-order valence-electron chi connectivity index (χ1n) is 8.32. The van der Waals surface area contributed by atoms with Crippen molar-refractivity contribution in [3.63, 3.8) is 0 Å². The zero-order valence-electron chi connectivity index (χ0n) is 14.0. The Morgan fingerprint density at radius 1 is 1.39 bits per heavy atom. The van der Waals surface area contributed by atoms with Crippen LogP contribution in [0.4, 0.5) is 0 Å². The van der Waals surface area contributed by atoms with Gasteiger partial charge >= 0.3 is 0 Å². The minimum absolute atomic E-state index is 0. The average molecular weight is 433 g/mol. The van der Waals surface area contributed by atoms with Crippen LogP contribution in [0.15, 0.2) is 11.2 Å². The second kappa shape index (κ2) is 8.86. The number of H-pyrrole nitrogens is 1. The van der Waals surface area contributed by atoms with Gasteiger partial charge in [0.15, 0.2) is 5.96 Å². The number of aromatic nitrogens is 2. The highest BCUT2D eigenvalue weighted by Crippen LogP contribution is 2.30. The van der Waals surface area contributed by atoms with E-state index in [-0.39, 0.29) is 24.0 Å². The van der Waals surface area contributed by atoms with Gasteiger partial charge in [0.05, 0.1) is 12.3 Å². The van der Waals surface area contributed by atoms with Crippen LogP contribution in [0.3, 0.4) is 0 Å².